The average Bonchev–Trinajstić information content (AvgIpc) is 2.75. The first-order valence-corrected chi connectivity index (χ1v) is 8.49. The van der Waals surface area contributed by atoms with Crippen molar-refractivity contribution < 1.29 is 26.7 Å². The molecule has 3 N–H and O–H groups in total. The Labute approximate surface area is 152 Å². The molecule has 0 spiro atoms. The Kier molecular flexibility index (Phi) is 5.47. The van der Waals surface area contributed by atoms with Crippen molar-refractivity contribution in [1.82, 2.24) is 9.78 Å². The van der Waals surface area contributed by atoms with E-state index in [9.17, 15) is 22.2 Å². The van der Waals surface area contributed by atoms with Crippen LogP contribution in [0.25, 0.3) is 5.69 Å². The SMILES string of the molecule is CC(=O)c1nn(-c2c(Cl)cc(C(F)(F)F)cc2Cl)c(N)c1CS(=O)O. The highest BCUT2D eigenvalue weighted by Crippen LogP contribution is 2.38. The summed E-state index contributed by atoms with van der Waals surface area (Å²) < 4.78 is 59.4. The Bertz CT molecular complexity index is 860. The van der Waals surface area contributed by atoms with Gasteiger partial charge in [0, 0.05) is 12.5 Å². The molecule has 12 heteroatoms. The minimum absolute atomic E-state index is 0.0274. The number of carbonyl (C=O) groups excluding carboxylic acids is 1. The molecule has 0 saturated heterocycles. The third-order valence-corrected chi connectivity index (χ3v) is 4.29. The molecule has 2 aromatic rings. The third kappa shape index (κ3) is 3.97. The molecule has 0 bridgehead atoms. The summed E-state index contributed by atoms with van der Waals surface area (Å²) in [5.41, 5.74) is 4.37. The molecule has 0 saturated carbocycles. The smallest absolute Gasteiger partial charge is 0.383 e. The Morgan fingerprint density at radius 3 is 2.28 bits per heavy atom. The van der Waals surface area contributed by atoms with Gasteiger partial charge in [0.15, 0.2) is 16.9 Å². The van der Waals surface area contributed by atoms with Crippen LogP contribution in [0.5, 0.6) is 0 Å². The van der Waals surface area contributed by atoms with Gasteiger partial charge in [0.2, 0.25) is 0 Å². The Morgan fingerprint density at radius 2 is 1.88 bits per heavy atom. The summed E-state index contributed by atoms with van der Waals surface area (Å²) >= 11 is 9.47. The van der Waals surface area contributed by atoms with E-state index in [2.05, 4.69) is 5.10 Å². The van der Waals surface area contributed by atoms with Crippen LogP contribution in [0.15, 0.2) is 12.1 Å². The third-order valence-electron chi connectivity index (χ3n) is 3.18. The van der Waals surface area contributed by atoms with Gasteiger partial charge in [-0.2, -0.15) is 18.3 Å². The number of benzene rings is 1. The standard InChI is InChI=1S/C13H10Cl2F3N3O3S/c1-5(22)10-7(4-25(23)24)12(19)21(20-10)11-8(14)2-6(3-9(11)15)13(16,17)18/h2-3H,4,19H2,1H3,(H,23,24). The summed E-state index contributed by atoms with van der Waals surface area (Å²) in [7, 11) is 0. The average molecular weight is 416 g/mol. The lowest BCUT2D eigenvalue weighted by atomic mass is 10.2. The summed E-state index contributed by atoms with van der Waals surface area (Å²) in [4.78, 5) is 11.7. The zero-order valence-electron chi connectivity index (χ0n) is 12.4. The fourth-order valence-corrected chi connectivity index (χ4v) is 3.29. The van der Waals surface area contributed by atoms with Crippen molar-refractivity contribution in [2.75, 3.05) is 5.73 Å². The minimum Gasteiger partial charge on any atom is -0.383 e. The van der Waals surface area contributed by atoms with Crippen molar-refractivity contribution in [3.63, 3.8) is 0 Å². The number of carbonyl (C=O) groups is 1. The summed E-state index contributed by atoms with van der Waals surface area (Å²) in [6, 6.07) is 1.28. The first-order chi connectivity index (χ1) is 11.4. The molecule has 0 fully saturated rings. The summed E-state index contributed by atoms with van der Waals surface area (Å²) in [5, 5.41) is 3.09. The molecule has 0 aliphatic heterocycles. The number of ketones is 1. The first-order valence-electron chi connectivity index (χ1n) is 6.45. The van der Waals surface area contributed by atoms with Crippen LogP contribution < -0.4 is 5.73 Å². The topological polar surface area (TPSA) is 98.2 Å². The van der Waals surface area contributed by atoms with E-state index in [1.165, 1.54) is 0 Å². The number of nitrogen functional groups attached to an aromatic ring is 1. The molecule has 0 radical (unpaired) electrons. The lowest BCUT2D eigenvalue weighted by molar-refractivity contribution is -0.137. The predicted molar refractivity (Wildman–Crippen MR) is 87.5 cm³/mol. The zero-order chi connectivity index (χ0) is 19.1. The highest BCUT2D eigenvalue weighted by Gasteiger charge is 2.33. The highest BCUT2D eigenvalue weighted by atomic mass is 35.5. The second-order valence-electron chi connectivity index (χ2n) is 4.93. The Hall–Kier alpha value is -1.62. The molecule has 1 aromatic carbocycles. The number of hydrogen-bond acceptors (Lipinski definition) is 4. The Balaban J connectivity index is 2.71. The predicted octanol–water partition coefficient (Wildman–Crippen LogP) is 3.70. The first kappa shape index (κ1) is 19.7. The van der Waals surface area contributed by atoms with Crippen LogP contribution in [0, 0.1) is 0 Å². The van der Waals surface area contributed by atoms with E-state index in [1.807, 2.05) is 0 Å². The molecule has 0 aliphatic rings. The number of rotatable bonds is 4. The maximum atomic E-state index is 12.8. The van der Waals surface area contributed by atoms with Crippen LogP contribution in [0.3, 0.4) is 0 Å². The lowest BCUT2D eigenvalue weighted by Crippen LogP contribution is -2.09. The van der Waals surface area contributed by atoms with E-state index >= 15 is 0 Å². The molecular formula is C13H10Cl2F3N3O3S. The Morgan fingerprint density at radius 1 is 1.36 bits per heavy atom. The van der Waals surface area contributed by atoms with E-state index < -0.39 is 44.4 Å². The number of anilines is 1. The second kappa shape index (κ2) is 6.94. The highest BCUT2D eigenvalue weighted by molar-refractivity contribution is 7.78. The van der Waals surface area contributed by atoms with Crippen molar-refractivity contribution in [3.05, 3.63) is 39.0 Å². The van der Waals surface area contributed by atoms with E-state index in [-0.39, 0.29) is 22.8 Å². The van der Waals surface area contributed by atoms with Crippen molar-refractivity contribution >= 4 is 45.9 Å². The number of aromatic nitrogens is 2. The minimum atomic E-state index is -4.66. The second-order valence-corrected chi connectivity index (χ2v) is 6.68. The van der Waals surface area contributed by atoms with Gasteiger partial charge in [-0.25, -0.2) is 8.89 Å². The fraction of sp³-hybridized carbons (Fsp3) is 0.231. The van der Waals surface area contributed by atoms with Crippen LogP contribution in [0.1, 0.15) is 28.5 Å². The van der Waals surface area contributed by atoms with Crippen LogP contribution in [-0.4, -0.2) is 24.3 Å². The van der Waals surface area contributed by atoms with Gasteiger partial charge in [-0.05, 0) is 12.1 Å². The van der Waals surface area contributed by atoms with Gasteiger partial charge in [-0.1, -0.05) is 23.2 Å². The van der Waals surface area contributed by atoms with Crippen LogP contribution >= 0.6 is 23.2 Å². The van der Waals surface area contributed by atoms with Gasteiger partial charge in [-0.3, -0.25) is 4.79 Å². The molecular weight excluding hydrogens is 406 g/mol. The molecule has 1 unspecified atom stereocenters. The molecule has 1 aromatic heterocycles. The summed E-state index contributed by atoms with van der Waals surface area (Å²) in [6.45, 7) is 1.16. The van der Waals surface area contributed by atoms with Gasteiger partial charge >= 0.3 is 6.18 Å². The van der Waals surface area contributed by atoms with E-state index in [0.717, 1.165) is 11.6 Å². The normalized spacial score (nSPS) is 13.1. The molecule has 1 heterocycles. The van der Waals surface area contributed by atoms with Crippen molar-refractivity contribution in [1.29, 1.82) is 0 Å². The largest absolute Gasteiger partial charge is 0.416 e. The quantitative estimate of drug-likeness (QED) is 0.585. The maximum absolute atomic E-state index is 12.8. The lowest BCUT2D eigenvalue weighted by Gasteiger charge is -2.13. The number of nitrogens with zero attached hydrogens (tertiary/aromatic N) is 2. The van der Waals surface area contributed by atoms with Gasteiger partial charge in [0.05, 0.1) is 21.4 Å². The summed E-state index contributed by atoms with van der Waals surface area (Å²) in [5.74, 6) is -1.27. The molecule has 2 rings (SSSR count). The number of hydrogen-bond donors (Lipinski definition) is 2. The number of nitrogens with two attached hydrogens (primary N) is 1. The number of Topliss-reactive ketones (excluding diaryl/α,β-unsaturated/α-hetero) is 1. The molecule has 0 aliphatic carbocycles. The molecule has 0 amide bonds. The van der Waals surface area contributed by atoms with Crippen molar-refractivity contribution in [2.24, 2.45) is 0 Å². The van der Waals surface area contributed by atoms with E-state index in [1.54, 1.807) is 0 Å². The summed E-state index contributed by atoms with van der Waals surface area (Å²) in [6.07, 6.45) is -4.66. The van der Waals surface area contributed by atoms with Crippen LogP contribution in [0.4, 0.5) is 19.0 Å². The van der Waals surface area contributed by atoms with Gasteiger partial charge in [-0.15, -0.1) is 0 Å². The molecule has 136 valence electrons. The monoisotopic (exact) mass is 415 g/mol. The van der Waals surface area contributed by atoms with Crippen LogP contribution in [0.2, 0.25) is 10.0 Å². The van der Waals surface area contributed by atoms with Gasteiger partial charge < -0.3 is 10.3 Å². The van der Waals surface area contributed by atoms with Crippen molar-refractivity contribution in [3.8, 4) is 5.69 Å². The van der Waals surface area contributed by atoms with Gasteiger partial charge in [0.1, 0.15) is 17.2 Å². The van der Waals surface area contributed by atoms with Crippen LogP contribution in [-0.2, 0) is 23.0 Å². The zero-order valence-corrected chi connectivity index (χ0v) is 14.7. The van der Waals surface area contributed by atoms with Crippen molar-refractivity contribution in [2.45, 2.75) is 18.9 Å². The molecule has 1 atom stereocenters. The van der Waals surface area contributed by atoms with E-state index in [4.69, 9.17) is 33.5 Å². The van der Waals surface area contributed by atoms with Gasteiger partial charge in [0.25, 0.3) is 0 Å². The van der Waals surface area contributed by atoms with E-state index in [0.29, 0.717) is 12.1 Å². The number of halogens is 5. The fourth-order valence-electron chi connectivity index (χ4n) is 2.11. The molecule has 25 heavy (non-hydrogen) atoms. The number of alkyl halides is 3. The molecule has 6 nitrogen and oxygen atoms in total. The maximum Gasteiger partial charge on any atom is 0.416 e.